The fraction of sp³-hybridized carbons (Fsp3) is 0.222. The second-order valence-electron chi connectivity index (χ2n) is 5.59. The van der Waals surface area contributed by atoms with Crippen LogP contribution in [-0.4, -0.2) is 29.9 Å². The highest BCUT2D eigenvalue weighted by molar-refractivity contribution is 5.92. The second-order valence-corrected chi connectivity index (χ2v) is 5.59. The molecule has 2 aromatic carbocycles. The van der Waals surface area contributed by atoms with Crippen molar-refractivity contribution in [1.29, 1.82) is 0 Å². The highest BCUT2D eigenvalue weighted by Gasteiger charge is 2.20. The predicted octanol–water partition coefficient (Wildman–Crippen LogP) is 2.49. The lowest BCUT2D eigenvalue weighted by Crippen LogP contribution is -2.37. The van der Waals surface area contributed by atoms with Crippen LogP contribution in [-0.2, 0) is 11.3 Å². The summed E-state index contributed by atoms with van der Waals surface area (Å²) >= 11 is 0. The molecule has 5 nitrogen and oxygen atoms in total. The first-order valence-corrected chi connectivity index (χ1v) is 7.53. The third-order valence-electron chi connectivity index (χ3n) is 3.56. The molecule has 0 heterocycles. The van der Waals surface area contributed by atoms with Gasteiger partial charge in [-0.15, -0.1) is 0 Å². The molecule has 0 radical (unpaired) electrons. The number of likely N-dealkylation sites (N-methyl/N-ethyl adjacent to an activating group) is 1. The van der Waals surface area contributed by atoms with Crippen LogP contribution in [0.5, 0.6) is 5.75 Å². The van der Waals surface area contributed by atoms with Crippen molar-refractivity contribution >= 4 is 11.8 Å². The summed E-state index contributed by atoms with van der Waals surface area (Å²) in [5.41, 5.74) is 6.31. The molecule has 7 heteroatoms. The molecule has 2 rings (SSSR count). The summed E-state index contributed by atoms with van der Waals surface area (Å²) in [6.45, 7) is 1.76. The number of carbonyl (C=O) groups excluding carboxylic acids is 2. The van der Waals surface area contributed by atoms with Gasteiger partial charge >= 0.3 is 0 Å². The molecule has 0 aliphatic rings. The van der Waals surface area contributed by atoms with Gasteiger partial charge < -0.3 is 15.4 Å². The maximum atomic E-state index is 13.2. The average molecular weight is 348 g/mol. The third-order valence-corrected chi connectivity index (χ3v) is 3.56. The van der Waals surface area contributed by atoms with Gasteiger partial charge in [0.15, 0.2) is 17.7 Å². The minimum absolute atomic E-state index is 0.0591. The van der Waals surface area contributed by atoms with Crippen molar-refractivity contribution in [2.45, 2.75) is 19.6 Å². The van der Waals surface area contributed by atoms with Crippen LogP contribution in [0, 0.1) is 11.6 Å². The molecule has 0 spiro atoms. The topological polar surface area (TPSA) is 72.6 Å². The normalized spacial score (nSPS) is 11.7. The fourth-order valence-corrected chi connectivity index (χ4v) is 2.29. The van der Waals surface area contributed by atoms with Crippen LogP contribution < -0.4 is 10.5 Å². The molecular weight excluding hydrogens is 330 g/mol. The van der Waals surface area contributed by atoms with E-state index in [9.17, 15) is 18.4 Å². The summed E-state index contributed by atoms with van der Waals surface area (Å²) in [5.74, 6) is -2.88. The van der Waals surface area contributed by atoms with Crippen molar-refractivity contribution in [3.8, 4) is 5.75 Å². The van der Waals surface area contributed by atoms with Crippen LogP contribution in [0.25, 0.3) is 0 Å². The third kappa shape index (κ3) is 4.76. The molecule has 132 valence electrons. The van der Waals surface area contributed by atoms with Crippen LogP contribution in [0.1, 0.15) is 22.8 Å². The first-order valence-electron chi connectivity index (χ1n) is 7.53. The molecule has 0 aromatic heterocycles. The van der Waals surface area contributed by atoms with Gasteiger partial charge in [-0.05, 0) is 36.8 Å². The first kappa shape index (κ1) is 18.4. The Hall–Kier alpha value is -2.96. The van der Waals surface area contributed by atoms with E-state index in [1.807, 2.05) is 0 Å². The zero-order valence-electron chi connectivity index (χ0n) is 13.8. The van der Waals surface area contributed by atoms with Gasteiger partial charge in [0.25, 0.3) is 5.91 Å². The summed E-state index contributed by atoms with van der Waals surface area (Å²) in [5, 5.41) is 0. The molecule has 0 aliphatic carbocycles. The van der Waals surface area contributed by atoms with E-state index in [1.54, 1.807) is 31.3 Å². The lowest BCUT2D eigenvalue weighted by Gasteiger charge is -2.22. The van der Waals surface area contributed by atoms with Gasteiger partial charge in [0.05, 0.1) is 0 Å². The van der Waals surface area contributed by atoms with Crippen LogP contribution in [0.4, 0.5) is 8.78 Å². The number of halogens is 2. The zero-order chi connectivity index (χ0) is 18.6. The van der Waals surface area contributed by atoms with E-state index in [4.69, 9.17) is 10.5 Å². The molecule has 0 saturated heterocycles. The maximum Gasteiger partial charge on any atom is 0.263 e. The number of amides is 2. The maximum absolute atomic E-state index is 13.2. The Kier molecular flexibility index (Phi) is 5.69. The molecule has 25 heavy (non-hydrogen) atoms. The van der Waals surface area contributed by atoms with Crippen molar-refractivity contribution in [3.63, 3.8) is 0 Å². The van der Waals surface area contributed by atoms with E-state index in [2.05, 4.69) is 0 Å². The molecule has 2 aromatic rings. The molecule has 1 atom stereocenters. The quantitative estimate of drug-likeness (QED) is 0.872. The van der Waals surface area contributed by atoms with Crippen molar-refractivity contribution in [3.05, 3.63) is 65.2 Å². The second kappa shape index (κ2) is 7.74. The lowest BCUT2D eigenvalue weighted by molar-refractivity contribution is -0.137. The minimum atomic E-state index is -1.05. The summed E-state index contributed by atoms with van der Waals surface area (Å²) in [7, 11) is 1.57. The number of hydrogen-bond donors (Lipinski definition) is 1. The predicted molar refractivity (Wildman–Crippen MR) is 87.9 cm³/mol. The van der Waals surface area contributed by atoms with E-state index < -0.39 is 23.6 Å². The number of benzene rings is 2. The highest BCUT2D eigenvalue weighted by atomic mass is 19.2. The largest absolute Gasteiger partial charge is 0.481 e. The Morgan fingerprint density at radius 1 is 1.16 bits per heavy atom. The molecule has 0 fully saturated rings. The molecular formula is C18H18F2N2O3. The summed E-state index contributed by atoms with van der Waals surface area (Å²) in [6.07, 6.45) is -0.894. The van der Waals surface area contributed by atoms with Gasteiger partial charge in [0, 0.05) is 25.2 Å². The number of ether oxygens (including phenoxy) is 1. The number of primary amides is 1. The van der Waals surface area contributed by atoms with Crippen molar-refractivity contribution in [2.24, 2.45) is 5.73 Å². The molecule has 0 bridgehead atoms. The summed E-state index contributed by atoms with van der Waals surface area (Å²) in [4.78, 5) is 25.0. The Morgan fingerprint density at radius 2 is 1.88 bits per heavy atom. The van der Waals surface area contributed by atoms with Gasteiger partial charge in [-0.25, -0.2) is 8.78 Å². The molecule has 0 saturated carbocycles. The van der Waals surface area contributed by atoms with E-state index in [0.717, 1.165) is 17.7 Å². The smallest absolute Gasteiger partial charge is 0.263 e. The van der Waals surface area contributed by atoms with Crippen LogP contribution >= 0.6 is 0 Å². The molecule has 2 amide bonds. The Bertz CT molecular complexity index is 796. The molecule has 2 N–H and O–H groups in total. The molecule has 0 unspecified atom stereocenters. The summed E-state index contributed by atoms with van der Waals surface area (Å²) < 4.78 is 31.5. The van der Waals surface area contributed by atoms with Gasteiger partial charge in [-0.3, -0.25) is 9.59 Å². The Labute approximate surface area is 144 Å². The van der Waals surface area contributed by atoms with Gasteiger partial charge in [-0.1, -0.05) is 12.1 Å². The monoisotopic (exact) mass is 348 g/mol. The number of nitrogens with zero attached hydrogens (tertiary/aromatic N) is 1. The van der Waals surface area contributed by atoms with E-state index in [-0.39, 0.29) is 18.2 Å². The number of hydrogen-bond acceptors (Lipinski definition) is 3. The van der Waals surface area contributed by atoms with Crippen molar-refractivity contribution in [2.75, 3.05) is 7.05 Å². The van der Waals surface area contributed by atoms with Crippen LogP contribution in [0.2, 0.25) is 0 Å². The van der Waals surface area contributed by atoms with Crippen molar-refractivity contribution < 1.29 is 23.1 Å². The van der Waals surface area contributed by atoms with E-state index in [1.165, 1.54) is 17.9 Å². The summed E-state index contributed by atoms with van der Waals surface area (Å²) in [6, 6.07) is 9.69. The number of carbonyl (C=O) groups is 2. The minimum Gasteiger partial charge on any atom is -0.481 e. The number of rotatable bonds is 6. The van der Waals surface area contributed by atoms with Gasteiger partial charge in [-0.2, -0.15) is 0 Å². The average Bonchev–Trinajstić information content (AvgIpc) is 2.57. The van der Waals surface area contributed by atoms with E-state index >= 15 is 0 Å². The first-order chi connectivity index (χ1) is 11.8. The lowest BCUT2D eigenvalue weighted by atomic mass is 10.1. The van der Waals surface area contributed by atoms with Crippen LogP contribution in [0.3, 0.4) is 0 Å². The standard InChI is InChI=1S/C18H18F2N2O3/c1-11(25-14-6-7-15(19)16(20)9-14)18(24)22(2)10-12-4-3-5-13(8-12)17(21)23/h3-9,11H,10H2,1-2H3,(H2,21,23)/t11-/m1/s1. The van der Waals surface area contributed by atoms with Crippen molar-refractivity contribution in [1.82, 2.24) is 4.90 Å². The van der Waals surface area contributed by atoms with Gasteiger partial charge in [0.2, 0.25) is 5.91 Å². The van der Waals surface area contributed by atoms with Crippen LogP contribution in [0.15, 0.2) is 42.5 Å². The Balaban J connectivity index is 2.02. The van der Waals surface area contributed by atoms with E-state index in [0.29, 0.717) is 5.56 Å². The molecule has 0 aliphatic heterocycles. The fourth-order valence-electron chi connectivity index (χ4n) is 2.29. The van der Waals surface area contributed by atoms with Gasteiger partial charge in [0.1, 0.15) is 5.75 Å². The number of nitrogens with two attached hydrogens (primary N) is 1. The Morgan fingerprint density at radius 3 is 2.52 bits per heavy atom. The SMILES string of the molecule is C[C@@H](Oc1ccc(F)c(F)c1)C(=O)N(C)Cc1cccc(C(N)=O)c1. The zero-order valence-corrected chi connectivity index (χ0v) is 13.8. The highest BCUT2D eigenvalue weighted by Crippen LogP contribution is 2.17.